The van der Waals surface area contributed by atoms with Crippen LogP contribution < -0.4 is 4.74 Å². The summed E-state index contributed by atoms with van der Waals surface area (Å²) in [6.45, 7) is 3.01. The third-order valence-corrected chi connectivity index (χ3v) is 5.09. The van der Waals surface area contributed by atoms with Crippen LogP contribution in [0.2, 0.25) is 5.02 Å². The van der Waals surface area contributed by atoms with Gasteiger partial charge in [-0.1, -0.05) is 53.7 Å². The highest BCUT2D eigenvalue weighted by atomic mass is 35.5. The van der Waals surface area contributed by atoms with Gasteiger partial charge in [0.05, 0.1) is 6.54 Å². The number of amidine groups is 1. The van der Waals surface area contributed by atoms with E-state index in [1.165, 1.54) is 0 Å². The molecule has 130 valence electrons. The fourth-order valence-electron chi connectivity index (χ4n) is 2.46. The van der Waals surface area contributed by atoms with Crippen molar-refractivity contribution in [2.45, 2.75) is 18.8 Å². The van der Waals surface area contributed by atoms with Gasteiger partial charge in [-0.25, -0.2) is 0 Å². The lowest BCUT2D eigenvalue weighted by atomic mass is 10.2. The molecule has 1 aliphatic rings. The Hall–Kier alpha value is -1.98. The predicted molar refractivity (Wildman–Crippen MR) is 103 cm³/mol. The van der Waals surface area contributed by atoms with Gasteiger partial charge >= 0.3 is 0 Å². The molecule has 2 aromatic carbocycles. The average molecular weight is 375 g/mol. The first-order valence-corrected chi connectivity index (χ1v) is 9.44. The van der Waals surface area contributed by atoms with Crippen molar-refractivity contribution in [3.8, 4) is 5.75 Å². The van der Waals surface area contributed by atoms with Crippen molar-refractivity contribution in [3.05, 3.63) is 65.2 Å². The van der Waals surface area contributed by atoms with Gasteiger partial charge in [0, 0.05) is 17.3 Å². The SMILES string of the molecule is CC(Oc1ccccc1)C(=O)N1CCN=C1SCc1ccc(Cl)cc1. The molecule has 0 aromatic heterocycles. The number of ether oxygens (including phenoxy) is 1. The van der Waals surface area contributed by atoms with Crippen molar-refractivity contribution in [2.75, 3.05) is 13.1 Å². The summed E-state index contributed by atoms with van der Waals surface area (Å²) in [5.41, 5.74) is 1.14. The highest BCUT2D eigenvalue weighted by molar-refractivity contribution is 8.13. The van der Waals surface area contributed by atoms with Crippen molar-refractivity contribution in [1.82, 2.24) is 4.90 Å². The Kier molecular flexibility index (Phi) is 6.00. The number of benzene rings is 2. The zero-order valence-electron chi connectivity index (χ0n) is 13.9. The smallest absolute Gasteiger partial charge is 0.269 e. The van der Waals surface area contributed by atoms with E-state index in [1.807, 2.05) is 54.6 Å². The number of aliphatic imine (C=N–C) groups is 1. The molecular weight excluding hydrogens is 356 g/mol. The number of para-hydroxylation sites is 1. The summed E-state index contributed by atoms with van der Waals surface area (Å²) in [6, 6.07) is 17.1. The van der Waals surface area contributed by atoms with E-state index in [-0.39, 0.29) is 5.91 Å². The first kappa shape index (κ1) is 17.8. The van der Waals surface area contributed by atoms with Crippen molar-refractivity contribution in [1.29, 1.82) is 0 Å². The molecule has 2 aromatic rings. The van der Waals surface area contributed by atoms with Gasteiger partial charge in [-0.2, -0.15) is 0 Å². The number of halogens is 1. The van der Waals surface area contributed by atoms with E-state index in [2.05, 4.69) is 4.99 Å². The van der Waals surface area contributed by atoms with E-state index in [0.717, 1.165) is 21.5 Å². The molecule has 4 nitrogen and oxygen atoms in total. The largest absolute Gasteiger partial charge is 0.481 e. The van der Waals surface area contributed by atoms with Crippen LogP contribution in [0, 0.1) is 0 Å². The molecule has 25 heavy (non-hydrogen) atoms. The Balaban J connectivity index is 1.58. The Bertz CT molecular complexity index is 750. The van der Waals surface area contributed by atoms with E-state index < -0.39 is 6.10 Å². The summed E-state index contributed by atoms with van der Waals surface area (Å²) in [5, 5.41) is 1.47. The molecule has 0 fully saturated rings. The molecule has 3 rings (SSSR count). The van der Waals surface area contributed by atoms with E-state index in [4.69, 9.17) is 16.3 Å². The van der Waals surface area contributed by atoms with E-state index in [0.29, 0.717) is 18.8 Å². The summed E-state index contributed by atoms with van der Waals surface area (Å²) in [5.74, 6) is 1.37. The molecule has 1 amide bonds. The zero-order valence-corrected chi connectivity index (χ0v) is 15.5. The normalized spacial score (nSPS) is 15.0. The van der Waals surface area contributed by atoms with Gasteiger partial charge in [-0.3, -0.25) is 14.7 Å². The molecule has 6 heteroatoms. The third kappa shape index (κ3) is 4.77. The van der Waals surface area contributed by atoms with Gasteiger partial charge < -0.3 is 4.74 Å². The second-order valence-electron chi connectivity index (χ2n) is 5.64. The minimum absolute atomic E-state index is 0.0660. The Labute approximate surface area is 156 Å². The second kappa shape index (κ2) is 8.41. The second-order valence-corrected chi connectivity index (χ2v) is 7.02. The van der Waals surface area contributed by atoms with Crippen LogP contribution in [0.4, 0.5) is 0 Å². The van der Waals surface area contributed by atoms with Crippen LogP contribution in [0.1, 0.15) is 12.5 Å². The van der Waals surface area contributed by atoms with Gasteiger partial charge in [0.15, 0.2) is 11.3 Å². The molecule has 1 heterocycles. The van der Waals surface area contributed by atoms with Crippen molar-refractivity contribution in [3.63, 3.8) is 0 Å². The number of amides is 1. The number of hydrogen-bond donors (Lipinski definition) is 0. The zero-order chi connectivity index (χ0) is 17.6. The predicted octanol–water partition coefficient (Wildman–Crippen LogP) is 4.24. The highest BCUT2D eigenvalue weighted by Crippen LogP contribution is 2.22. The van der Waals surface area contributed by atoms with Crippen molar-refractivity contribution in [2.24, 2.45) is 4.99 Å². The lowest BCUT2D eigenvalue weighted by Gasteiger charge is -2.22. The molecule has 0 N–H and O–H groups in total. The maximum absolute atomic E-state index is 12.7. The summed E-state index contributed by atoms with van der Waals surface area (Å²) in [4.78, 5) is 18.9. The average Bonchev–Trinajstić information content (AvgIpc) is 3.10. The molecule has 0 aliphatic carbocycles. The highest BCUT2D eigenvalue weighted by Gasteiger charge is 2.29. The third-order valence-electron chi connectivity index (χ3n) is 3.75. The van der Waals surface area contributed by atoms with Gasteiger partial charge in [-0.15, -0.1) is 0 Å². The molecular formula is C19H19ClN2O2S. The Morgan fingerprint density at radius 3 is 2.68 bits per heavy atom. The van der Waals surface area contributed by atoms with Gasteiger partial charge in [0.1, 0.15) is 5.75 Å². The van der Waals surface area contributed by atoms with Crippen molar-refractivity contribution >= 4 is 34.4 Å². The minimum atomic E-state index is -0.554. The molecule has 0 spiro atoms. The number of nitrogens with zero attached hydrogens (tertiary/aromatic N) is 2. The van der Waals surface area contributed by atoms with Gasteiger partial charge in [-0.05, 0) is 36.8 Å². The topological polar surface area (TPSA) is 41.9 Å². The molecule has 1 aliphatic heterocycles. The number of thioether (sulfide) groups is 1. The Morgan fingerprint density at radius 1 is 1.24 bits per heavy atom. The fourth-order valence-corrected chi connectivity index (χ4v) is 3.59. The molecule has 1 atom stereocenters. The lowest BCUT2D eigenvalue weighted by molar-refractivity contribution is -0.133. The van der Waals surface area contributed by atoms with Crippen LogP contribution in [0.25, 0.3) is 0 Å². The van der Waals surface area contributed by atoms with E-state index in [9.17, 15) is 4.79 Å². The number of rotatable bonds is 5. The van der Waals surface area contributed by atoms with Crippen LogP contribution in [0.3, 0.4) is 0 Å². The summed E-state index contributed by atoms with van der Waals surface area (Å²) < 4.78 is 5.74. The number of hydrogen-bond acceptors (Lipinski definition) is 4. The molecule has 0 saturated heterocycles. The van der Waals surface area contributed by atoms with Gasteiger partial charge in [0.25, 0.3) is 5.91 Å². The summed E-state index contributed by atoms with van der Waals surface area (Å²) in [6.07, 6.45) is -0.554. The van der Waals surface area contributed by atoms with Crippen LogP contribution in [0.15, 0.2) is 59.6 Å². The van der Waals surface area contributed by atoms with Crippen LogP contribution >= 0.6 is 23.4 Å². The standard InChI is InChI=1S/C19H19ClN2O2S/c1-14(24-17-5-3-2-4-6-17)18(23)22-12-11-21-19(22)25-13-15-7-9-16(20)10-8-15/h2-10,14H,11-13H2,1H3. The van der Waals surface area contributed by atoms with Crippen LogP contribution in [-0.2, 0) is 10.5 Å². The summed E-state index contributed by atoms with van der Waals surface area (Å²) in [7, 11) is 0. The van der Waals surface area contributed by atoms with Crippen LogP contribution in [0.5, 0.6) is 5.75 Å². The van der Waals surface area contributed by atoms with Crippen molar-refractivity contribution < 1.29 is 9.53 Å². The lowest BCUT2D eigenvalue weighted by Crippen LogP contribution is -2.41. The molecule has 0 saturated carbocycles. The van der Waals surface area contributed by atoms with Crippen LogP contribution in [-0.4, -0.2) is 35.2 Å². The maximum atomic E-state index is 12.7. The Morgan fingerprint density at radius 2 is 1.96 bits per heavy atom. The monoisotopic (exact) mass is 374 g/mol. The maximum Gasteiger partial charge on any atom is 0.269 e. The van der Waals surface area contributed by atoms with E-state index in [1.54, 1.807) is 23.6 Å². The minimum Gasteiger partial charge on any atom is -0.481 e. The molecule has 0 radical (unpaired) electrons. The molecule has 1 unspecified atom stereocenters. The fraction of sp³-hybridized carbons (Fsp3) is 0.263. The number of carbonyl (C=O) groups excluding carboxylic acids is 1. The van der Waals surface area contributed by atoms with Gasteiger partial charge in [0.2, 0.25) is 0 Å². The van der Waals surface area contributed by atoms with E-state index >= 15 is 0 Å². The molecule has 0 bridgehead atoms. The summed E-state index contributed by atoms with van der Waals surface area (Å²) >= 11 is 7.47. The first-order valence-electron chi connectivity index (χ1n) is 8.08. The first-order chi connectivity index (χ1) is 12.1. The quantitative estimate of drug-likeness (QED) is 0.786. The number of carbonyl (C=O) groups is 1.